The van der Waals surface area contributed by atoms with Crippen LogP contribution in [0.2, 0.25) is 0 Å². The Morgan fingerprint density at radius 1 is 0.339 bits per heavy atom. The van der Waals surface area contributed by atoms with Crippen molar-refractivity contribution in [2.24, 2.45) is 0 Å². The van der Waals surface area contributed by atoms with Crippen molar-refractivity contribution in [3.63, 3.8) is 0 Å². The number of hydrogen-bond acceptors (Lipinski definition) is 1. The molecule has 0 bridgehead atoms. The average molecular weight is 749 g/mol. The van der Waals surface area contributed by atoms with Crippen molar-refractivity contribution < 1.29 is 0 Å². The Labute approximate surface area is 340 Å². The largest absolute Gasteiger partial charge is 0.310 e. The first kappa shape index (κ1) is 31.3. The predicted octanol–water partition coefficient (Wildman–Crippen LogP) is 11.6. The minimum Gasteiger partial charge on any atom is -0.310 e. The predicted molar refractivity (Wildman–Crippen MR) is 249 cm³/mol. The van der Waals surface area contributed by atoms with Gasteiger partial charge in [-0.25, -0.2) is 0 Å². The van der Waals surface area contributed by atoms with Gasteiger partial charge in [0.15, 0.2) is 0 Å². The second-order valence-corrected chi connectivity index (χ2v) is 16.1. The molecule has 0 unspecified atom stereocenters. The molecule has 0 spiro atoms. The maximum Gasteiger partial charge on any atom is 0.252 e. The highest BCUT2D eigenvalue weighted by molar-refractivity contribution is 7.00. The van der Waals surface area contributed by atoms with Crippen LogP contribution in [0.3, 0.4) is 0 Å². The number of fused-ring (bicyclic) bond motifs is 14. The Morgan fingerprint density at radius 3 is 1.51 bits per heavy atom. The smallest absolute Gasteiger partial charge is 0.252 e. The van der Waals surface area contributed by atoms with Crippen molar-refractivity contribution in [2.45, 2.75) is 0 Å². The molecule has 14 rings (SSSR count). The summed E-state index contributed by atoms with van der Waals surface area (Å²) < 4.78 is 7.67. The van der Waals surface area contributed by atoms with Gasteiger partial charge >= 0.3 is 0 Å². The Bertz CT molecular complexity index is 3690. The van der Waals surface area contributed by atoms with E-state index in [1.807, 2.05) is 0 Å². The van der Waals surface area contributed by atoms with Gasteiger partial charge in [0, 0.05) is 66.3 Å². The lowest BCUT2D eigenvalue weighted by molar-refractivity contribution is 1.13. The molecule has 5 heteroatoms. The molecule has 0 saturated carbocycles. The van der Waals surface area contributed by atoms with Crippen LogP contribution in [0.25, 0.3) is 82.5 Å². The zero-order valence-corrected chi connectivity index (χ0v) is 31.9. The summed E-state index contributed by atoms with van der Waals surface area (Å²) in [4.78, 5) is 2.42. The highest BCUT2D eigenvalue weighted by Gasteiger charge is 2.42. The van der Waals surface area contributed by atoms with Crippen molar-refractivity contribution in [3.05, 3.63) is 200 Å². The van der Waals surface area contributed by atoms with E-state index < -0.39 is 0 Å². The van der Waals surface area contributed by atoms with Crippen molar-refractivity contribution >= 4 is 106 Å². The van der Waals surface area contributed by atoms with Crippen LogP contribution in [0.5, 0.6) is 0 Å². The molecule has 2 aliphatic rings. The lowest BCUT2D eigenvalue weighted by Crippen LogP contribution is -2.59. The van der Waals surface area contributed by atoms with Crippen LogP contribution in [-0.2, 0) is 0 Å². The molecule has 3 aromatic heterocycles. The van der Waals surface area contributed by atoms with Crippen LogP contribution in [0.4, 0.5) is 17.1 Å². The first-order valence-corrected chi connectivity index (χ1v) is 20.5. The SMILES string of the molecule is c1ccc(N(c2ccccc2)c2cc3c4c(c2)-n2c5ccccc5c5c6c7ccccc7n(-c7ccccc7)c6cc(c52)B4c2cccc4c5ccccc5n-3c24)cc1. The Hall–Kier alpha value is -7.76. The molecule has 9 aromatic carbocycles. The van der Waals surface area contributed by atoms with E-state index in [-0.39, 0.29) is 6.71 Å². The zero-order valence-electron chi connectivity index (χ0n) is 31.9. The van der Waals surface area contributed by atoms with Crippen molar-refractivity contribution in [1.82, 2.24) is 13.7 Å². The van der Waals surface area contributed by atoms with Crippen LogP contribution in [0.15, 0.2) is 200 Å². The number of benzene rings is 9. The Balaban J connectivity index is 1.22. The average Bonchev–Trinajstić information content (AvgIpc) is 3.94. The van der Waals surface area contributed by atoms with E-state index >= 15 is 0 Å². The van der Waals surface area contributed by atoms with E-state index in [2.05, 4.69) is 219 Å². The van der Waals surface area contributed by atoms with E-state index in [9.17, 15) is 0 Å². The molecular weight excluding hydrogens is 715 g/mol. The van der Waals surface area contributed by atoms with Gasteiger partial charge in [-0.15, -0.1) is 0 Å². The molecule has 2 aliphatic heterocycles. The normalized spacial score (nSPS) is 12.7. The van der Waals surface area contributed by atoms with Crippen LogP contribution < -0.4 is 21.3 Å². The molecule has 0 N–H and O–H groups in total. The lowest BCUT2D eigenvalue weighted by atomic mass is 9.34. The lowest BCUT2D eigenvalue weighted by Gasteiger charge is -2.36. The zero-order chi connectivity index (χ0) is 38.3. The van der Waals surface area contributed by atoms with Crippen molar-refractivity contribution in [1.29, 1.82) is 0 Å². The summed E-state index contributed by atoms with van der Waals surface area (Å²) in [6.45, 7) is 0.00223. The quantitative estimate of drug-likeness (QED) is 0.164. The highest BCUT2D eigenvalue weighted by Crippen LogP contribution is 2.46. The fourth-order valence-corrected chi connectivity index (χ4v) is 11.0. The van der Waals surface area contributed by atoms with Gasteiger partial charge in [-0.05, 0) is 89.2 Å². The van der Waals surface area contributed by atoms with Crippen LogP contribution in [0.1, 0.15) is 0 Å². The molecule has 0 radical (unpaired) electrons. The number of para-hydroxylation sites is 7. The number of hydrogen-bond donors (Lipinski definition) is 0. The Morgan fingerprint density at radius 2 is 0.847 bits per heavy atom. The maximum atomic E-state index is 2.61. The van der Waals surface area contributed by atoms with Gasteiger partial charge in [-0.2, -0.15) is 0 Å². The second kappa shape index (κ2) is 11.4. The van der Waals surface area contributed by atoms with Crippen LogP contribution in [0, 0.1) is 0 Å². The van der Waals surface area contributed by atoms with E-state index in [1.54, 1.807) is 0 Å². The van der Waals surface area contributed by atoms with Gasteiger partial charge in [0.1, 0.15) is 0 Å². The molecule has 0 aliphatic carbocycles. The van der Waals surface area contributed by atoms with Crippen molar-refractivity contribution in [2.75, 3.05) is 4.90 Å². The number of aromatic nitrogens is 3. The third-order valence-electron chi connectivity index (χ3n) is 13.1. The summed E-state index contributed by atoms with van der Waals surface area (Å²) in [5.41, 5.74) is 18.5. The van der Waals surface area contributed by atoms with E-state index in [4.69, 9.17) is 0 Å². The van der Waals surface area contributed by atoms with E-state index in [0.29, 0.717) is 0 Å². The monoisotopic (exact) mass is 748 g/mol. The standard InChI is InChI=1S/C54H33BN4/c1-4-17-34(18-5-1)56(35-19-6-2-7-20-35)37-31-48-52-49(32-37)59-46-30-15-12-25-41(46)51-50-40-24-11-14-29-45(40)57(36-21-8-3-9-22-36)47(50)33-43(54(51)59)55(52)42-27-16-26-39-38-23-10-13-28-44(38)58(48)53(39)42/h1-33H. The minimum absolute atomic E-state index is 0.00223. The summed E-state index contributed by atoms with van der Waals surface area (Å²) >= 11 is 0. The molecule has 0 fully saturated rings. The maximum absolute atomic E-state index is 2.61. The summed E-state index contributed by atoms with van der Waals surface area (Å²) in [5.74, 6) is 0. The third kappa shape index (κ3) is 3.99. The van der Waals surface area contributed by atoms with Crippen molar-refractivity contribution in [3.8, 4) is 17.1 Å². The molecule has 272 valence electrons. The first-order chi connectivity index (χ1) is 29.3. The van der Waals surface area contributed by atoms with Gasteiger partial charge in [0.2, 0.25) is 0 Å². The summed E-state index contributed by atoms with van der Waals surface area (Å²) in [5, 5.41) is 7.73. The van der Waals surface area contributed by atoms with Gasteiger partial charge in [0.25, 0.3) is 6.71 Å². The molecule has 59 heavy (non-hydrogen) atoms. The van der Waals surface area contributed by atoms with Gasteiger partial charge in [-0.1, -0.05) is 127 Å². The van der Waals surface area contributed by atoms with Gasteiger partial charge in [0.05, 0.1) is 33.3 Å². The topological polar surface area (TPSA) is 18.0 Å². The molecule has 4 nitrogen and oxygen atoms in total. The van der Waals surface area contributed by atoms with Crippen LogP contribution >= 0.6 is 0 Å². The summed E-state index contributed by atoms with van der Waals surface area (Å²) in [6.07, 6.45) is 0. The second-order valence-electron chi connectivity index (χ2n) is 16.1. The number of rotatable bonds is 4. The molecule has 0 amide bonds. The number of anilines is 3. The minimum atomic E-state index is 0.00223. The highest BCUT2D eigenvalue weighted by atomic mass is 15.2. The summed E-state index contributed by atoms with van der Waals surface area (Å²) in [7, 11) is 0. The molecule has 12 aromatic rings. The van der Waals surface area contributed by atoms with Gasteiger partial charge in [-0.3, -0.25) is 0 Å². The first-order valence-electron chi connectivity index (χ1n) is 20.5. The van der Waals surface area contributed by atoms with Crippen LogP contribution in [-0.4, -0.2) is 20.4 Å². The van der Waals surface area contributed by atoms with Gasteiger partial charge < -0.3 is 18.6 Å². The Kier molecular flexibility index (Phi) is 6.07. The van der Waals surface area contributed by atoms with E-state index in [0.717, 1.165) is 17.1 Å². The number of nitrogens with zero attached hydrogens (tertiary/aromatic N) is 4. The molecule has 5 heterocycles. The molecular formula is C54H33BN4. The third-order valence-corrected chi connectivity index (χ3v) is 13.1. The molecule has 0 saturated heterocycles. The fourth-order valence-electron chi connectivity index (χ4n) is 11.0. The molecule has 0 atom stereocenters. The summed E-state index contributed by atoms with van der Waals surface area (Å²) in [6, 6.07) is 74.0. The van der Waals surface area contributed by atoms with E-state index in [1.165, 1.54) is 98.9 Å². The fraction of sp³-hybridized carbons (Fsp3) is 0.